The quantitative estimate of drug-likeness (QED) is 0.858. The molecule has 28 heavy (non-hydrogen) atoms. The highest BCUT2D eigenvalue weighted by molar-refractivity contribution is 5.97. The van der Waals surface area contributed by atoms with Crippen molar-refractivity contribution in [2.75, 3.05) is 19.0 Å². The minimum Gasteiger partial charge on any atom is -0.453 e. The molecule has 2 amide bonds. The van der Waals surface area contributed by atoms with Crippen LogP contribution in [0, 0.1) is 5.82 Å². The second-order valence-corrected chi connectivity index (χ2v) is 6.05. The summed E-state index contributed by atoms with van der Waals surface area (Å²) in [5, 5.41) is 2.56. The fourth-order valence-corrected chi connectivity index (χ4v) is 3.14. The Morgan fingerprint density at radius 3 is 2.71 bits per heavy atom. The molecule has 2 aromatic carbocycles. The van der Waals surface area contributed by atoms with E-state index < -0.39 is 30.5 Å². The van der Waals surface area contributed by atoms with E-state index in [4.69, 9.17) is 4.74 Å². The third kappa shape index (κ3) is 4.19. The number of anilines is 1. The normalized spacial score (nSPS) is 15.8. The Morgan fingerprint density at radius 1 is 1.21 bits per heavy atom. The van der Waals surface area contributed by atoms with E-state index in [1.54, 1.807) is 6.07 Å². The van der Waals surface area contributed by atoms with Gasteiger partial charge < -0.3 is 14.8 Å². The van der Waals surface area contributed by atoms with Gasteiger partial charge in [0.05, 0.1) is 7.11 Å². The first-order valence-electron chi connectivity index (χ1n) is 8.37. The van der Waals surface area contributed by atoms with E-state index in [1.165, 1.54) is 48.4 Å². The zero-order chi connectivity index (χ0) is 20.3. The summed E-state index contributed by atoms with van der Waals surface area (Å²) in [4.78, 5) is 26.3. The number of benzene rings is 2. The van der Waals surface area contributed by atoms with Gasteiger partial charge in [-0.05, 0) is 41.8 Å². The summed E-state index contributed by atoms with van der Waals surface area (Å²) in [5.41, 5.74) is 1.27. The SMILES string of the molecule is COC(=O)N1CCc2ccc(F)cc2[C@H]1C(=O)Nc1cccc(OC(F)F)c1. The van der Waals surface area contributed by atoms with Crippen molar-refractivity contribution < 1.29 is 32.2 Å². The fraction of sp³-hybridized carbons (Fsp3) is 0.263. The van der Waals surface area contributed by atoms with Crippen LogP contribution in [0.4, 0.5) is 23.7 Å². The van der Waals surface area contributed by atoms with Crippen molar-refractivity contribution in [2.24, 2.45) is 0 Å². The molecule has 6 nitrogen and oxygen atoms in total. The van der Waals surface area contributed by atoms with Crippen molar-refractivity contribution in [2.45, 2.75) is 19.1 Å². The molecule has 0 bridgehead atoms. The number of halogens is 3. The average molecular weight is 394 g/mol. The smallest absolute Gasteiger partial charge is 0.410 e. The first-order chi connectivity index (χ1) is 13.4. The molecular formula is C19H17F3N2O4. The van der Waals surface area contributed by atoms with Gasteiger partial charge in [-0.1, -0.05) is 12.1 Å². The minimum atomic E-state index is -3.01. The highest BCUT2D eigenvalue weighted by Crippen LogP contribution is 2.32. The minimum absolute atomic E-state index is 0.132. The molecule has 1 aliphatic heterocycles. The summed E-state index contributed by atoms with van der Waals surface area (Å²) < 4.78 is 47.6. The van der Waals surface area contributed by atoms with Crippen LogP contribution in [-0.2, 0) is 16.0 Å². The molecule has 1 N–H and O–H groups in total. The Hall–Kier alpha value is -3.23. The van der Waals surface area contributed by atoms with Crippen molar-refractivity contribution in [3.05, 3.63) is 59.4 Å². The second-order valence-electron chi connectivity index (χ2n) is 6.05. The molecule has 0 saturated carbocycles. The van der Waals surface area contributed by atoms with Gasteiger partial charge in [0.15, 0.2) is 0 Å². The molecule has 1 heterocycles. The number of fused-ring (bicyclic) bond motifs is 1. The molecule has 2 aromatic rings. The number of ether oxygens (including phenoxy) is 2. The Balaban J connectivity index is 1.91. The summed E-state index contributed by atoms with van der Waals surface area (Å²) in [7, 11) is 1.18. The summed E-state index contributed by atoms with van der Waals surface area (Å²) in [5.74, 6) is -1.31. The maximum atomic E-state index is 13.8. The van der Waals surface area contributed by atoms with Crippen LogP contribution in [-0.4, -0.2) is 37.2 Å². The number of carbonyl (C=O) groups excluding carboxylic acids is 2. The number of alkyl halides is 2. The number of nitrogens with one attached hydrogen (secondary N) is 1. The highest BCUT2D eigenvalue weighted by atomic mass is 19.3. The van der Waals surface area contributed by atoms with Gasteiger partial charge in [-0.2, -0.15) is 8.78 Å². The van der Waals surface area contributed by atoms with E-state index in [-0.39, 0.29) is 18.0 Å². The first-order valence-corrected chi connectivity index (χ1v) is 8.37. The van der Waals surface area contributed by atoms with Crippen molar-refractivity contribution in [3.8, 4) is 5.75 Å². The van der Waals surface area contributed by atoms with Crippen LogP contribution in [0.15, 0.2) is 42.5 Å². The molecule has 0 fully saturated rings. The van der Waals surface area contributed by atoms with Gasteiger partial charge in [0.2, 0.25) is 0 Å². The molecule has 1 aliphatic rings. The largest absolute Gasteiger partial charge is 0.453 e. The van der Waals surface area contributed by atoms with Gasteiger partial charge in [0, 0.05) is 18.3 Å². The van der Waals surface area contributed by atoms with Crippen molar-refractivity contribution in [1.82, 2.24) is 4.90 Å². The predicted octanol–water partition coefficient (Wildman–Crippen LogP) is 3.73. The van der Waals surface area contributed by atoms with E-state index in [0.29, 0.717) is 12.0 Å². The van der Waals surface area contributed by atoms with Crippen LogP contribution in [0.25, 0.3) is 0 Å². The van der Waals surface area contributed by atoms with E-state index in [9.17, 15) is 22.8 Å². The molecule has 148 valence electrons. The highest BCUT2D eigenvalue weighted by Gasteiger charge is 2.37. The van der Waals surface area contributed by atoms with Crippen LogP contribution < -0.4 is 10.1 Å². The Kier molecular flexibility index (Phi) is 5.72. The average Bonchev–Trinajstić information content (AvgIpc) is 2.66. The Labute approximate surface area is 158 Å². The van der Waals surface area contributed by atoms with E-state index >= 15 is 0 Å². The van der Waals surface area contributed by atoms with E-state index in [2.05, 4.69) is 10.1 Å². The van der Waals surface area contributed by atoms with Crippen LogP contribution in [0.2, 0.25) is 0 Å². The fourth-order valence-electron chi connectivity index (χ4n) is 3.14. The zero-order valence-electron chi connectivity index (χ0n) is 14.8. The summed E-state index contributed by atoms with van der Waals surface area (Å²) >= 11 is 0. The van der Waals surface area contributed by atoms with Gasteiger partial charge in [0.1, 0.15) is 17.6 Å². The van der Waals surface area contributed by atoms with Crippen LogP contribution in [0.5, 0.6) is 5.75 Å². The lowest BCUT2D eigenvalue weighted by atomic mass is 9.92. The molecule has 0 spiro atoms. The van der Waals surface area contributed by atoms with Crippen LogP contribution in [0.1, 0.15) is 17.2 Å². The number of methoxy groups -OCH3 is 1. The van der Waals surface area contributed by atoms with Crippen molar-refractivity contribution >= 4 is 17.7 Å². The summed E-state index contributed by atoms with van der Waals surface area (Å²) in [6.07, 6.45) is -0.295. The Morgan fingerprint density at radius 2 is 2.00 bits per heavy atom. The van der Waals surface area contributed by atoms with Crippen molar-refractivity contribution in [1.29, 1.82) is 0 Å². The number of nitrogens with zero attached hydrogens (tertiary/aromatic N) is 1. The van der Waals surface area contributed by atoms with E-state index in [1.807, 2.05) is 0 Å². The third-order valence-corrected chi connectivity index (χ3v) is 4.32. The van der Waals surface area contributed by atoms with Gasteiger partial charge in [-0.25, -0.2) is 9.18 Å². The van der Waals surface area contributed by atoms with Crippen LogP contribution in [0.3, 0.4) is 0 Å². The van der Waals surface area contributed by atoms with Gasteiger partial charge in [0.25, 0.3) is 5.91 Å². The summed E-state index contributed by atoms with van der Waals surface area (Å²) in [6.45, 7) is -2.80. The lowest BCUT2D eigenvalue weighted by Gasteiger charge is -2.35. The molecule has 0 unspecified atom stereocenters. The number of amides is 2. The topological polar surface area (TPSA) is 67.9 Å². The van der Waals surface area contributed by atoms with E-state index in [0.717, 1.165) is 5.56 Å². The molecule has 0 radical (unpaired) electrons. The number of rotatable bonds is 4. The zero-order valence-corrected chi connectivity index (χ0v) is 14.8. The standard InChI is InChI=1S/C19H17F3N2O4/c1-27-19(26)24-8-7-11-5-6-12(20)9-15(11)16(24)17(25)23-13-3-2-4-14(10-13)28-18(21)22/h2-6,9-10,16,18H,7-8H2,1H3,(H,23,25)/t16-/m0/s1. The monoisotopic (exact) mass is 394 g/mol. The first kappa shape index (κ1) is 19.5. The predicted molar refractivity (Wildman–Crippen MR) is 93.7 cm³/mol. The van der Waals surface area contributed by atoms with Crippen molar-refractivity contribution in [3.63, 3.8) is 0 Å². The van der Waals surface area contributed by atoms with Gasteiger partial charge in [-0.15, -0.1) is 0 Å². The maximum Gasteiger partial charge on any atom is 0.410 e. The molecule has 1 atom stereocenters. The molecule has 9 heteroatoms. The summed E-state index contributed by atoms with van der Waals surface area (Å²) in [6, 6.07) is 8.37. The second kappa shape index (κ2) is 8.20. The Bertz CT molecular complexity index is 891. The number of hydrogen-bond donors (Lipinski definition) is 1. The number of carbonyl (C=O) groups is 2. The molecule has 3 rings (SSSR count). The van der Waals surface area contributed by atoms with Gasteiger partial charge >= 0.3 is 12.7 Å². The van der Waals surface area contributed by atoms with Gasteiger partial charge in [-0.3, -0.25) is 9.69 Å². The lowest BCUT2D eigenvalue weighted by molar-refractivity contribution is -0.121. The van der Waals surface area contributed by atoms with Crippen LogP contribution >= 0.6 is 0 Å². The molecule has 0 saturated heterocycles. The lowest BCUT2D eigenvalue weighted by Crippen LogP contribution is -2.45. The molecule has 0 aliphatic carbocycles. The molecule has 0 aromatic heterocycles. The third-order valence-electron chi connectivity index (χ3n) is 4.32. The maximum absolute atomic E-state index is 13.8. The number of hydrogen-bond acceptors (Lipinski definition) is 4. The molecular weight excluding hydrogens is 377 g/mol.